The predicted molar refractivity (Wildman–Crippen MR) is 134 cm³/mol. The van der Waals surface area contributed by atoms with E-state index >= 15 is 0 Å². The van der Waals surface area contributed by atoms with Crippen LogP contribution < -0.4 is 0 Å². The van der Waals surface area contributed by atoms with E-state index in [9.17, 15) is 0 Å². The van der Waals surface area contributed by atoms with Crippen molar-refractivity contribution >= 4 is 47.8 Å². The van der Waals surface area contributed by atoms with E-state index in [1.807, 2.05) is 0 Å². The van der Waals surface area contributed by atoms with Gasteiger partial charge in [0.05, 0.1) is 0 Å². The maximum Gasteiger partial charge on any atom is 0.164 e. The van der Waals surface area contributed by atoms with Crippen LogP contribution in [-0.4, -0.2) is 15.0 Å². The van der Waals surface area contributed by atoms with Gasteiger partial charge in [0.2, 0.25) is 0 Å². The minimum Gasteiger partial charge on any atom is -0.208 e. The van der Waals surface area contributed by atoms with E-state index in [1.165, 1.54) is 16.7 Å². The molecule has 3 aromatic carbocycles. The second-order valence-corrected chi connectivity index (χ2v) is 8.48. The van der Waals surface area contributed by atoms with Crippen LogP contribution in [0.1, 0.15) is 16.7 Å². The Morgan fingerprint density at radius 3 is 0.833 bits per heavy atom. The first-order valence-corrected chi connectivity index (χ1v) is 12.8. The van der Waals surface area contributed by atoms with Crippen LogP contribution in [0, 0.1) is 0 Å². The summed E-state index contributed by atoms with van der Waals surface area (Å²) in [5.41, 5.74) is 6.55. The zero-order valence-corrected chi connectivity index (χ0v) is 20.8. The number of aromatic nitrogens is 3. The lowest BCUT2D eigenvalue weighted by Crippen LogP contribution is -2.00. The van der Waals surface area contributed by atoms with Gasteiger partial charge in [-0.05, 0) is 16.7 Å². The molecule has 0 amide bonds. The van der Waals surface area contributed by atoms with Gasteiger partial charge in [-0.3, -0.25) is 0 Å². The molecule has 30 heavy (non-hydrogen) atoms. The summed E-state index contributed by atoms with van der Waals surface area (Å²) in [7, 11) is 0. The van der Waals surface area contributed by atoms with Crippen LogP contribution in [-0.2, 0) is 16.0 Å². The normalized spacial score (nSPS) is 10.9. The average molecular weight is 588 g/mol. The molecular formula is C24H18Br3N3. The van der Waals surface area contributed by atoms with E-state index in [2.05, 4.69) is 121 Å². The first-order chi connectivity index (χ1) is 14.7. The van der Waals surface area contributed by atoms with Crippen LogP contribution in [0.4, 0.5) is 0 Å². The van der Waals surface area contributed by atoms with Gasteiger partial charge in [0.15, 0.2) is 17.5 Å². The van der Waals surface area contributed by atoms with Gasteiger partial charge in [0.25, 0.3) is 0 Å². The molecule has 150 valence electrons. The van der Waals surface area contributed by atoms with Gasteiger partial charge < -0.3 is 0 Å². The molecule has 1 aromatic heterocycles. The van der Waals surface area contributed by atoms with Crippen LogP contribution >= 0.6 is 47.8 Å². The molecular weight excluding hydrogens is 570 g/mol. The van der Waals surface area contributed by atoms with Crippen LogP contribution in [0.15, 0.2) is 72.8 Å². The quantitative estimate of drug-likeness (QED) is 0.219. The summed E-state index contributed by atoms with van der Waals surface area (Å²) in [6.45, 7) is 0. The second-order valence-electron chi connectivity index (χ2n) is 6.80. The molecule has 0 aliphatic heterocycles. The van der Waals surface area contributed by atoms with Gasteiger partial charge in [-0.1, -0.05) is 121 Å². The number of rotatable bonds is 6. The SMILES string of the molecule is BrCc1ccc(-c2nc(-c3ccc(CBr)cc3)nc(-c3ccc(CBr)cc3)n2)cc1. The minimum absolute atomic E-state index is 0.672. The van der Waals surface area contributed by atoms with Crippen molar-refractivity contribution in [1.29, 1.82) is 0 Å². The molecule has 3 nitrogen and oxygen atoms in total. The van der Waals surface area contributed by atoms with E-state index in [-0.39, 0.29) is 0 Å². The Labute approximate surface area is 201 Å². The van der Waals surface area contributed by atoms with Crippen molar-refractivity contribution in [2.75, 3.05) is 0 Å². The zero-order valence-electron chi connectivity index (χ0n) is 16.0. The third-order valence-corrected chi connectivity index (χ3v) is 6.68. The molecule has 6 heteroatoms. The Morgan fingerprint density at radius 1 is 0.400 bits per heavy atom. The zero-order chi connectivity index (χ0) is 20.9. The minimum atomic E-state index is 0.672. The number of alkyl halides is 3. The van der Waals surface area contributed by atoms with E-state index in [1.54, 1.807) is 0 Å². The lowest BCUT2D eigenvalue weighted by Gasteiger charge is -2.09. The van der Waals surface area contributed by atoms with Crippen molar-refractivity contribution in [3.63, 3.8) is 0 Å². The van der Waals surface area contributed by atoms with Gasteiger partial charge >= 0.3 is 0 Å². The van der Waals surface area contributed by atoms with Gasteiger partial charge in [0, 0.05) is 32.7 Å². The lowest BCUT2D eigenvalue weighted by molar-refractivity contribution is 1.07. The maximum atomic E-state index is 4.79. The first kappa shape index (κ1) is 21.3. The molecule has 4 aromatic rings. The van der Waals surface area contributed by atoms with Crippen molar-refractivity contribution in [3.05, 3.63) is 89.5 Å². The Balaban J connectivity index is 1.83. The maximum absolute atomic E-state index is 4.79. The molecule has 0 spiro atoms. The number of hydrogen-bond acceptors (Lipinski definition) is 3. The lowest BCUT2D eigenvalue weighted by atomic mass is 10.1. The van der Waals surface area contributed by atoms with Crippen LogP contribution in [0.2, 0.25) is 0 Å². The summed E-state index contributed by atoms with van der Waals surface area (Å²) < 4.78 is 0. The highest BCUT2D eigenvalue weighted by Crippen LogP contribution is 2.26. The van der Waals surface area contributed by atoms with Crippen molar-refractivity contribution in [2.24, 2.45) is 0 Å². The third-order valence-electron chi connectivity index (χ3n) is 4.73. The third kappa shape index (κ3) is 4.88. The molecule has 0 N–H and O–H groups in total. The summed E-state index contributed by atoms with van der Waals surface area (Å²) in [5, 5.41) is 2.46. The van der Waals surface area contributed by atoms with Gasteiger partial charge in [-0.2, -0.15) is 0 Å². The standard InChI is InChI=1S/C24H18Br3N3/c25-13-16-1-7-19(8-2-16)22-28-23(20-9-3-17(14-26)4-10-20)30-24(29-22)21-11-5-18(15-27)6-12-21/h1-12H,13-15H2. The van der Waals surface area contributed by atoms with Gasteiger partial charge in [-0.15, -0.1) is 0 Å². The largest absolute Gasteiger partial charge is 0.208 e. The molecule has 0 saturated heterocycles. The molecule has 0 aliphatic rings. The topological polar surface area (TPSA) is 38.7 Å². The summed E-state index contributed by atoms with van der Waals surface area (Å²) in [6.07, 6.45) is 0. The van der Waals surface area contributed by atoms with Crippen LogP contribution in [0.25, 0.3) is 34.2 Å². The van der Waals surface area contributed by atoms with Crippen molar-refractivity contribution in [1.82, 2.24) is 15.0 Å². The van der Waals surface area contributed by atoms with Crippen molar-refractivity contribution < 1.29 is 0 Å². The Kier molecular flexibility index (Phi) is 7.08. The molecule has 0 fully saturated rings. The molecule has 1 heterocycles. The number of benzene rings is 3. The van der Waals surface area contributed by atoms with Gasteiger partial charge in [0.1, 0.15) is 0 Å². The summed E-state index contributed by atoms with van der Waals surface area (Å²) in [5.74, 6) is 2.01. The smallest absolute Gasteiger partial charge is 0.164 e. The van der Waals surface area contributed by atoms with E-state index in [0.29, 0.717) is 17.5 Å². The molecule has 0 atom stereocenters. The molecule has 0 radical (unpaired) electrons. The van der Waals surface area contributed by atoms with Crippen molar-refractivity contribution in [2.45, 2.75) is 16.0 Å². The molecule has 0 aliphatic carbocycles. The second kappa shape index (κ2) is 9.94. The van der Waals surface area contributed by atoms with E-state index < -0.39 is 0 Å². The van der Waals surface area contributed by atoms with Crippen LogP contribution in [0.3, 0.4) is 0 Å². The first-order valence-electron chi connectivity index (χ1n) is 9.42. The Morgan fingerprint density at radius 2 is 0.633 bits per heavy atom. The summed E-state index contributed by atoms with van der Waals surface area (Å²) >= 11 is 10.5. The molecule has 0 bridgehead atoms. The fraction of sp³-hybridized carbons (Fsp3) is 0.125. The number of hydrogen-bond donors (Lipinski definition) is 0. The molecule has 0 saturated carbocycles. The highest BCUT2D eigenvalue weighted by molar-refractivity contribution is 9.09. The van der Waals surface area contributed by atoms with Crippen LogP contribution in [0.5, 0.6) is 0 Å². The van der Waals surface area contributed by atoms with E-state index in [4.69, 9.17) is 15.0 Å². The number of halogens is 3. The highest BCUT2D eigenvalue weighted by Gasteiger charge is 2.12. The fourth-order valence-electron chi connectivity index (χ4n) is 2.99. The van der Waals surface area contributed by atoms with E-state index in [0.717, 1.165) is 32.7 Å². The van der Waals surface area contributed by atoms with Crippen molar-refractivity contribution in [3.8, 4) is 34.2 Å². The average Bonchev–Trinajstić information content (AvgIpc) is 2.84. The Bertz CT molecular complexity index is 967. The fourth-order valence-corrected chi connectivity index (χ4v) is 4.11. The van der Waals surface area contributed by atoms with Gasteiger partial charge in [-0.25, -0.2) is 15.0 Å². The highest BCUT2D eigenvalue weighted by atomic mass is 79.9. The summed E-state index contributed by atoms with van der Waals surface area (Å²) in [6, 6.07) is 24.9. The number of nitrogens with zero attached hydrogens (tertiary/aromatic N) is 3. The molecule has 4 rings (SSSR count). The Hall–Kier alpha value is -1.89. The predicted octanol–water partition coefficient (Wildman–Crippen LogP) is 7.56. The monoisotopic (exact) mass is 585 g/mol. The molecule has 0 unspecified atom stereocenters. The summed E-state index contributed by atoms with van der Waals surface area (Å²) in [4.78, 5) is 14.4.